The molecule has 1 aromatic rings. The van der Waals surface area contributed by atoms with E-state index >= 15 is 4.79 Å². The van der Waals surface area contributed by atoms with Crippen LogP contribution in [0.1, 0.15) is 103 Å². The average Bonchev–Trinajstić information content (AvgIpc) is 3.25. The number of aliphatic hydroxyl groups is 1. The van der Waals surface area contributed by atoms with Gasteiger partial charge in [-0.25, -0.2) is 18.5 Å². The van der Waals surface area contributed by atoms with Crippen molar-refractivity contribution < 1.29 is 84.9 Å². The lowest BCUT2D eigenvalue weighted by atomic mass is 9.51. The van der Waals surface area contributed by atoms with Gasteiger partial charge < -0.3 is 43.3 Å². The van der Waals surface area contributed by atoms with Crippen molar-refractivity contribution in [2.24, 2.45) is 11.8 Å². The number of carbonyl (C=O) groups excluding carboxylic acids is 3. The maximum Gasteiger partial charge on any atom is 0.536 e. The molecule has 6 aliphatic rings. The zero-order valence-corrected chi connectivity index (χ0v) is 36.9. The van der Waals surface area contributed by atoms with Gasteiger partial charge in [-0.3, -0.25) is 14.5 Å². The van der Waals surface area contributed by atoms with Crippen molar-refractivity contribution in [2.45, 2.75) is 110 Å². The van der Waals surface area contributed by atoms with Crippen LogP contribution in [0.15, 0.2) is 52.7 Å². The predicted molar refractivity (Wildman–Crippen MR) is 213 cm³/mol. The van der Waals surface area contributed by atoms with E-state index in [1.54, 1.807) is 26.8 Å². The monoisotopic (exact) mass is 898 g/mol. The molecular weight excluding hydrogens is 849 g/mol. The number of phosphoric ester groups is 1. The van der Waals surface area contributed by atoms with Crippen LogP contribution in [0.3, 0.4) is 0 Å². The molecule has 3 aliphatic carbocycles. The maximum atomic E-state index is 15.4. The Morgan fingerprint density at radius 3 is 2.20 bits per heavy atom. The Kier molecular flexibility index (Phi) is 12.0. The van der Waals surface area contributed by atoms with Crippen molar-refractivity contribution in [2.75, 3.05) is 6.79 Å². The van der Waals surface area contributed by atoms with Crippen molar-refractivity contribution in [1.82, 2.24) is 0 Å². The summed E-state index contributed by atoms with van der Waals surface area (Å²) in [5.74, 6) is -4.57. The van der Waals surface area contributed by atoms with E-state index < -0.39 is 93.3 Å². The molecule has 1 aromatic carbocycles. The Bertz CT molecular complexity index is 2340. The van der Waals surface area contributed by atoms with Crippen LogP contribution in [0.25, 0.3) is 6.08 Å². The molecule has 0 aromatic heterocycles. The molecule has 2 fully saturated rings. The second-order valence-corrected chi connectivity index (χ2v) is 21.0. The molecular formula is C39H49O18P3. The number of hydrogen-bond donors (Lipinski definition) is 5. The van der Waals surface area contributed by atoms with Gasteiger partial charge in [0, 0.05) is 35.0 Å². The number of esters is 1. The van der Waals surface area contributed by atoms with Gasteiger partial charge >= 0.3 is 29.4 Å². The number of rotatable bonds is 15. The summed E-state index contributed by atoms with van der Waals surface area (Å²) in [6.07, 6.45) is 10.8. The van der Waals surface area contributed by atoms with Crippen LogP contribution >= 0.6 is 23.5 Å². The summed E-state index contributed by atoms with van der Waals surface area (Å²) in [5.41, 5.74) is -4.32. The van der Waals surface area contributed by atoms with E-state index in [1.807, 2.05) is 39.8 Å². The minimum absolute atomic E-state index is 0.0265. The quantitative estimate of drug-likeness (QED) is 0.0405. The Labute approximate surface area is 346 Å². The molecule has 328 valence electrons. The number of fused-ring (bicyclic) bond motifs is 2. The minimum atomic E-state index is -6.01. The number of benzene rings is 1. The van der Waals surface area contributed by atoms with Crippen LogP contribution in [-0.2, 0) is 47.8 Å². The molecule has 0 radical (unpaired) electrons. The number of aliphatic hydroxyl groups excluding tert-OH is 1. The van der Waals surface area contributed by atoms with E-state index in [-0.39, 0.29) is 53.0 Å². The molecule has 3 heterocycles. The first-order valence-electron chi connectivity index (χ1n) is 19.0. The molecule has 21 heteroatoms. The van der Waals surface area contributed by atoms with E-state index in [0.29, 0.717) is 12.8 Å². The highest BCUT2D eigenvalue weighted by molar-refractivity contribution is 7.66. The van der Waals surface area contributed by atoms with Gasteiger partial charge in [-0.15, -0.1) is 0 Å². The molecule has 7 rings (SSSR count). The fraction of sp³-hybridized carbons (Fsp3) is 0.513. The van der Waals surface area contributed by atoms with E-state index in [1.165, 1.54) is 25.2 Å². The van der Waals surface area contributed by atoms with E-state index in [4.69, 9.17) is 33.3 Å². The maximum absolute atomic E-state index is 15.4. The molecule has 1 saturated heterocycles. The van der Waals surface area contributed by atoms with Gasteiger partial charge in [-0.1, -0.05) is 35.5 Å². The van der Waals surface area contributed by atoms with Gasteiger partial charge in [-0.2, -0.15) is 8.62 Å². The average molecular weight is 899 g/mol. The fourth-order valence-electron chi connectivity index (χ4n) is 8.83. The van der Waals surface area contributed by atoms with Gasteiger partial charge in [0.2, 0.25) is 0 Å². The molecule has 1 spiro atoms. The van der Waals surface area contributed by atoms with Crippen LogP contribution in [0.4, 0.5) is 0 Å². The summed E-state index contributed by atoms with van der Waals surface area (Å²) >= 11 is 0. The lowest BCUT2D eigenvalue weighted by Crippen LogP contribution is -2.72. The highest BCUT2D eigenvalue weighted by Crippen LogP contribution is 2.71. The molecule has 3 aliphatic heterocycles. The third-order valence-corrected chi connectivity index (χ3v) is 15.0. The molecule has 7 unspecified atom stereocenters. The summed E-state index contributed by atoms with van der Waals surface area (Å²) < 4.78 is 76.5. The highest BCUT2D eigenvalue weighted by atomic mass is 31.3. The molecule has 1 saturated carbocycles. The fourth-order valence-corrected chi connectivity index (χ4v) is 11.9. The third kappa shape index (κ3) is 8.25. The molecule has 18 nitrogen and oxygen atoms in total. The van der Waals surface area contributed by atoms with Crippen LogP contribution in [0.2, 0.25) is 0 Å². The van der Waals surface area contributed by atoms with E-state index in [9.17, 15) is 38.2 Å². The smallest absolute Gasteiger partial charge is 0.482 e. The molecule has 7 atom stereocenters. The number of ether oxygens (including phenoxy) is 4. The Morgan fingerprint density at radius 2 is 1.58 bits per heavy atom. The number of phosphoric acid groups is 3. The Hall–Kier alpha value is -3.50. The second-order valence-electron chi connectivity index (χ2n) is 16.7. The van der Waals surface area contributed by atoms with Crippen molar-refractivity contribution in [3.8, 4) is 17.2 Å². The van der Waals surface area contributed by atoms with Crippen molar-refractivity contribution in [3.63, 3.8) is 0 Å². The molecule has 60 heavy (non-hydrogen) atoms. The highest BCUT2D eigenvalue weighted by Gasteiger charge is 2.81. The first-order valence-corrected chi connectivity index (χ1v) is 23.5. The van der Waals surface area contributed by atoms with E-state index in [2.05, 4.69) is 8.62 Å². The van der Waals surface area contributed by atoms with Crippen LogP contribution < -0.4 is 14.0 Å². The first kappa shape index (κ1) is 46.0. The van der Waals surface area contributed by atoms with Crippen LogP contribution in [0.5, 0.6) is 17.2 Å². The third-order valence-electron chi connectivity index (χ3n) is 11.3. The Morgan fingerprint density at radius 1 is 0.917 bits per heavy atom. The summed E-state index contributed by atoms with van der Waals surface area (Å²) in [6.45, 7) is 13.4. The number of Topliss-reactive ketones (excluding diaryl/α,β-unsaturated/α-hetero) is 2. The summed E-state index contributed by atoms with van der Waals surface area (Å²) in [5, 5.41) is 9.21. The van der Waals surface area contributed by atoms with Crippen molar-refractivity contribution >= 4 is 47.1 Å². The summed E-state index contributed by atoms with van der Waals surface area (Å²) in [7, 11) is -17.7. The normalized spacial score (nSPS) is 29.1. The zero-order valence-electron chi connectivity index (χ0n) is 34.2. The predicted octanol–water partition coefficient (Wildman–Crippen LogP) is 6.65. The lowest BCUT2D eigenvalue weighted by molar-refractivity contribution is -0.171. The van der Waals surface area contributed by atoms with Gasteiger partial charge in [0.25, 0.3) is 0 Å². The second kappa shape index (κ2) is 15.7. The molecule has 0 amide bonds. The van der Waals surface area contributed by atoms with E-state index in [0.717, 1.165) is 11.1 Å². The van der Waals surface area contributed by atoms with Crippen molar-refractivity contribution in [1.29, 1.82) is 0 Å². The lowest BCUT2D eigenvalue weighted by Gasteiger charge is -2.56. The Balaban J connectivity index is 1.64. The number of allylic oxidation sites excluding steroid dienone is 5. The van der Waals surface area contributed by atoms with Crippen LogP contribution in [0, 0.1) is 11.8 Å². The van der Waals surface area contributed by atoms with Gasteiger partial charge in [0.05, 0.1) is 11.2 Å². The summed E-state index contributed by atoms with van der Waals surface area (Å²) in [4.78, 5) is 82.0. The van der Waals surface area contributed by atoms with Gasteiger partial charge in [-0.05, 0) is 93.2 Å². The largest absolute Gasteiger partial charge is 0.536 e. The minimum Gasteiger partial charge on any atom is -0.482 e. The standard InChI is InChI=1S/C39H49O18P3/c1-21(2)10-9-15-37(8)16-14-26-31(52-37)25(12-11-22(3)4)32-29(33(26)54-59(47,48)57-60(49,50)56-58(44,45)46)30(41)27-18-24-19-28-36(6,7)55-38(34(24)42,39(27,28)53-32)17-13-23(5)35(43)51-20-40/h10-11,13-14,16,18,24,28,40H,9,12,15,17,19-20H2,1-8H3,(H,47,48)(H,49,50)(H2,44,45,46)/b23-13-. The first-order chi connectivity index (χ1) is 27.6. The van der Waals surface area contributed by atoms with Gasteiger partial charge in [0.1, 0.15) is 22.7 Å². The molecule has 5 N–H and O–H groups in total. The summed E-state index contributed by atoms with van der Waals surface area (Å²) in [6, 6.07) is 0. The topological polar surface area (TPSA) is 268 Å². The number of carbonyl (C=O) groups is 3. The van der Waals surface area contributed by atoms with Crippen LogP contribution in [-0.4, -0.2) is 71.4 Å². The molecule has 4 bridgehead atoms. The number of hydrogen-bond acceptors (Lipinski definition) is 14. The van der Waals surface area contributed by atoms with Crippen molar-refractivity contribution in [3.05, 3.63) is 69.4 Å². The zero-order chi connectivity index (χ0) is 44.6. The number of ketones is 2. The SMILES string of the molecule is CC(C)=CCCC1(C)C=Cc2c(c(CC=C(C)C)c3c(c2OP(=O)(O)OP(=O)(O)OP(=O)(O)O)C(=O)C2=CC4CC5C(C)(C)OC(C/C=C(/C)C(=O)OCO)(C4=O)C25O3)O1. The van der Waals surface area contributed by atoms with Gasteiger partial charge in [0.15, 0.2) is 35.3 Å².